The number of nitrogen functional groups attached to an aromatic ring is 1. The Labute approximate surface area is 276 Å². The van der Waals surface area contributed by atoms with Crippen molar-refractivity contribution in [2.75, 3.05) is 77.9 Å². The fourth-order valence-corrected chi connectivity index (χ4v) is 8.80. The molecular formula is C29H53BrN2O9SSi2. The zero-order chi connectivity index (χ0) is 33.5. The summed E-state index contributed by atoms with van der Waals surface area (Å²) in [7, 11) is 1.19. The van der Waals surface area contributed by atoms with Gasteiger partial charge in [0.05, 0.1) is 12.4 Å². The first-order valence-corrected chi connectivity index (χ1v) is 20.6. The number of unbranched alkanes of at least 4 members (excludes halogenated alkanes) is 2. The van der Waals surface area contributed by atoms with E-state index in [0.29, 0.717) is 18.7 Å². The van der Waals surface area contributed by atoms with Gasteiger partial charge in [-0.25, -0.2) is 0 Å². The fourth-order valence-electron chi connectivity index (χ4n) is 3.71. The van der Waals surface area contributed by atoms with Crippen LogP contribution >= 0.6 is 15.9 Å². The standard InChI is InChI=1S/C13H23NO3Si.C9H15NO3Si.C4H9Br.C3H6O3S/c1-5-6-11-14-12-7-9-13(10-8-12)18(15-2,16-3)17-4;1-11-14(12-2,13-3)9-6-4-8(10)5-7-9;1-2-3-4-5;4-7(5)3-1-2-6-7/h7-10,14H,5-6,11H2,1-4H3;4-7H,10H2,1-3H3;2-4H2,1H3;1-3H2. The Morgan fingerprint density at radius 1 is 0.773 bits per heavy atom. The van der Waals surface area contributed by atoms with Gasteiger partial charge in [0, 0.05) is 76.3 Å². The van der Waals surface area contributed by atoms with E-state index in [-0.39, 0.29) is 5.75 Å². The van der Waals surface area contributed by atoms with Gasteiger partial charge in [-0.1, -0.05) is 66.9 Å². The maximum atomic E-state index is 10.2. The van der Waals surface area contributed by atoms with Crippen LogP contribution in [0, 0.1) is 0 Å². The van der Waals surface area contributed by atoms with E-state index in [1.807, 2.05) is 36.4 Å². The Morgan fingerprint density at radius 3 is 1.48 bits per heavy atom. The highest BCUT2D eigenvalue weighted by Gasteiger charge is 2.41. The van der Waals surface area contributed by atoms with Crippen LogP contribution in [0.15, 0.2) is 48.5 Å². The number of anilines is 2. The fraction of sp³-hybridized carbons (Fsp3) is 0.586. The molecule has 1 aliphatic heterocycles. The molecule has 0 aromatic heterocycles. The molecule has 0 atom stereocenters. The van der Waals surface area contributed by atoms with E-state index >= 15 is 0 Å². The van der Waals surface area contributed by atoms with Crippen molar-refractivity contribution in [3.8, 4) is 0 Å². The highest BCUT2D eigenvalue weighted by molar-refractivity contribution is 9.09. The molecule has 1 fully saturated rings. The normalized spacial score (nSPS) is 13.8. The number of rotatable bonds is 14. The van der Waals surface area contributed by atoms with Crippen molar-refractivity contribution in [3.63, 3.8) is 0 Å². The summed E-state index contributed by atoms with van der Waals surface area (Å²) in [5.74, 6) is 0.201. The first kappa shape index (κ1) is 42.6. The number of nitrogens with one attached hydrogen (secondary N) is 1. The molecule has 0 unspecified atom stereocenters. The molecule has 1 heterocycles. The molecule has 1 aliphatic rings. The number of hydrogen-bond donors (Lipinski definition) is 2. The van der Waals surface area contributed by atoms with E-state index in [1.54, 1.807) is 54.8 Å². The predicted octanol–water partition coefficient (Wildman–Crippen LogP) is 4.26. The van der Waals surface area contributed by atoms with Gasteiger partial charge < -0.3 is 37.6 Å². The molecule has 2 aromatic rings. The van der Waals surface area contributed by atoms with Gasteiger partial charge in [-0.15, -0.1) is 0 Å². The number of halogens is 1. The molecule has 0 bridgehead atoms. The molecule has 2 aromatic carbocycles. The summed E-state index contributed by atoms with van der Waals surface area (Å²) in [4.78, 5) is 0. The average molecular weight is 742 g/mol. The van der Waals surface area contributed by atoms with Gasteiger partial charge in [0.2, 0.25) is 0 Å². The van der Waals surface area contributed by atoms with Crippen LogP contribution in [0.25, 0.3) is 0 Å². The number of benzene rings is 2. The summed E-state index contributed by atoms with van der Waals surface area (Å²) in [5.41, 5.74) is 7.41. The molecular weight excluding hydrogens is 688 g/mol. The molecule has 3 N–H and O–H groups in total. The van der Waals surface area contributed by atoms with Crippen LogP contribution in [0.1, 0.15) is 46.0 Å². The second-order valence-corrected chi connectivity index (χ2v) is 17.7. The first-order valence-electron chi connectivity index (χ1n) is 14.5. The Morgan fingerprint density at radius 2 is 1.20 bits per heavy atom. The van der Waals surface area contributed by atoms with Crippen LogP contribution in [-0.4, -0.2) is 92.9 Å². The van der Waals surface area contributed by atoms with Crippen molar-refractivity contribution in [3.05, 3.63) is 48.5 Å². The molecule has 0 saturated carbocycles. The Kier molecular flexibility index (Phi) is 23.1. The van der Waals surface area contributed by atoms with Crippen LogP contribution in [0.3, 0.4) is 0 Å². The highest BCUT2D eigenvalue weighted by Crippen LogP contribution is 2.11. The third-order valence-corrected chi connectivity index (χ3v) is 13.4. The van der Waals surface area contributed by atoms with Gasteiger partial charge in [-0.05, 0) is 43.5 Å². The molecule has 0 spiro atoms. The molecule has 0 radical (unpaired) electrons. The number of hydrogen-bond acceptors (Lipinski definition) is 11. The van der Waals surface area contributed by atoms with Gasteiger partial charge in [-0.2, -0.15) is 8.42 Å². The topological polar surface area (TPSA) is 137 Å². The molecule has 0 amide bonds. The zero-order valence-electron chi connectivity index (χ0n) is 27.5. The molecule has 1 saturated heterocycles. The monoisotopic (exact) mass is 740 g/mol. The van der Waals surface area contributed by atoms with Crippen LogP contribution in [-0.2, 0) is 40.9 Å². The maximum absolute atomic E-state index is 10.2. The largest absolute Gasteiger partial charge is 0.536 e. The van der Waals surface area contributed by atoms with E-state index in [0.717, 1.165) is 27.9 Å². The zero-order valence-corrected chi connectivity index (χ0v) is 31.9. The van der Waals surface area contributed by atoms with Crippen molar-refractivity contribution in [2.24, 2.45) is 0 Å². The van der Waals surface area contributed by atoms with Crippen LogP contribution < -0.4 is 21.4 Å². The summed E-state index contributed by atoms with van der Waals surface area (Å²) < 4.78 is 57.0. The van der Waals surface area contributed by atoms with E-state index in [1.165, 1.54) is 25.7 Å². The quantitative estimate of drug-likeness (QED) is 0.0946. The lowest BCUT2D eigenvalue weighted by Gasteiger charge is -2.24. The van der Waals surface area contributed by atoms with Crippen LogP contribution in [0.4, 0.5) is 11.4 Å². The van der Waals surface area contributed by atoms with Gasteiger partial charge in [-0.3, -0.25) is 4.18 Å². The lowest BCUT2D eigenvalue weighted by molar-refractivity contribution is 0.140. The maximum Gasteiger partial charge on any atom is 0.536 e. The average Bonchev–Trinajstić information content (AvgIpc) is 3.46. The second kappa shape index (κ2) is 23.9. The third-order valence-electron chi connectivity index (χ3n) is 6.26. The second-order valence-electron chi connectivity index (χ2n) is 9.30. The summed E-state index contributed by atoms with van der Waals surface area (Å²) >= 11 is 3.31. The molecule has 3 rings (SSSR count). The van der Waals surface area contributed by atoms with Gasteiger partial charge in [0.15, 0.2) is 0 Å². The van der Waals surface area contributed by atoms with Crippen molar-refractivity contribution in [2.45, 2.75) is 46.0 Å². The first-order chi connectivity index (χ1) is 21.0. The molecule has 15 heteroatoms. The lowest BCUT2D eigenvalue weighted by atomic mass is 10.3. The Bertz CT molecular complexity index is 1060. The van der Waals surface area contributed by atoms with Crippen LogP contribution in [0.2, 0.25) is 0 Å². The summed E-state index contributed by atoms with van der Waals surface area (Å²) in [5, 5.41) is 6.40. The molecule has 254 valence electrons. The predicted molar refractivity (Wildman–Crippen MR) is 187 cm³/mol. The molecule has 11 nitrogen and oxygen atoms in total. The Hall–Kier alpha value is -1.38. The SMILES string of the molecule is CCCCBr.CCCCNc1ccc([Si](OC)(OC)OC)cc1.CO[Si](OC)(OC)c1ccc(N)cc1.O=S1(=O)CCCO1. The number of nitrogens with two attached hydrogens (primary N) is 1. The van der Waals surface area contributed by atoms with Crippen molar-refractivity contribution in [1.29, 1.82) is 0 Å². The highest BCUT2D eigenvalue weighted by atomic mass is 79.9. The molecule has 44 heavy (non-hydrogen) atoms. The lowest BCUT2D eigenvalue weighted by Crippen LogP contribution is -2.54. The van der Waals surface area contributed by atoms with E-state index in [4.69, 9.17) is 32.3 Å². The van der Waals surface area contributed by atoms with Gasteiger partial charge >= 0.3 is 17.6 Å². The Balaban J connectivity index is 0.000000624. The summed E-state index contributed by atoms with van der Waals surface area (Å²) in [6, 6.07) is 15.4. The minimum atomic E-state index is -3.05. The van der Waals surface area contributed by atoms with E-state index in [9.17, 15) is 8.42 Å². The van der Waals surface area contributed by atoms with Crippen LogP contribution in [0.5, 0.6) is 0 Å². The van der Waals surface area contributed by atoms with Crippen molar-refractivity contribution < 1.29 is 39.2 Å². The van der Waals surface area contributed by atoms with Gasteiger partial charge in [0.1, 0.15) is 0 Å². The van der Waals surface area contributed by atoms with Crippen molar-refractivity contribution >= 4 is 65.4 Å². The van der Waals surface area contributed by atoms with Gasteiger partial charge in [0.25, 0.3) is 10.1 Å². The minimum absolute atomic E-state index is 0.201. The minimum Gasteiger partial charge on any atom is -0.399 e. The van der Waals surface area contributed by atoms with E-state index < -0.39 is 27.7 Å². The number of alkyl halides is 1. The summed E-state index contributed by atoms with van der Waals surface area (Å²) in [6.07, 6.45) is 5.63. The summed E-state index contributed by atoms with van der Waals surface area (Å²) in [6.45, 7) is 5.74. The third kappa shape index (κ3) is 15.3. The van der Waals surface area contributed by atoms with Crippen molar-refractivity contribution in [1.82, 2.24) is 0 Å². The molecule has 0 aliphatic carbocycles. The van der Waals surface area contributed by atoms with E-state index in [2.05, 4.69) is 39.3 Å². The smallest absolute Gasteiger partial charge is 0.399 e.